The number of hydrogen-bond acceptors (Lipinski definition) is 5. The highest BCUT2D eigenvalue weighted by molar-refractivity contribution is 6.28. The molecule has 19 heavy (non-hydrogen) atoms. The van der Waals surface area contributed by atoms with Crippen molar-refractivity contribution in [2.45, 2.75) is 45.4 Å². The zero-order valence-corrected chi connectivity index (χ0v) is 12.8. The second-order valence-corrected chi connectivity index (χ2v) is 4.55. The monoisotopic (exact) mass is 278 g/mol. The van der Waals surface area contributed by atoms with Gasteiger partial charge in [-0.2, -0.15) is 0 Å². The fraction of sp³-hybridized carbons (Fsp3) is 0.846. The van der Waals surface area contributed by atoms with Gasteiger partial charge >= 0.3 is 11.9 Å². The lowest BCUT2D eigenvalue weighted by molar-refractivity contribution is -0.163. The van der Waals surface area contributed by atoms with Crippen LogP contribution >= 0.6 is 0 Å². The van der Waals surface area contributed by atoms with Gasteiger partial charge in [0.05, 0.1) is 6.61 Å². The molecule has 0 unspecified atom stereocenters. The van der Waals surface area contributed by atoms with E-state index in [-0.39, 0.29) is 12.8 Å². The van der Waals surface area contributed by atoms with Crippen LogP contribution in [0.5, 0.6) is 0 Å². The summed E-state index contributed by atoms with van der Waals surface area (Å²) in [5.41, 5.74) is 0. The normalized spacial score (nSPS) is 9.11. The topological polar surface area (TPSA) is 102 Å². The first-order valence-electron chi connectivity index (χ1n) is 6.42. The number of esters is 1. The number of unbranched alkanes of at least 4 members (excludes halogenated alkanes) is 5. The van der Waals surface area contributed by atoms with Crippen LogP contribution in [0, 0.1) is 0 Å². The van der Waals surface area contributed by atoms with Crippen molar-refractivity contribution in [1.82, 2.24) is 11.1 Å². The number of aliphatic carboxylic acids is 1. The minimum Gasteiger partial charge on any atom is -0.473 e. The van der Waals surface area contributed by atoms with Gasteiger partial charge in [0.25, 0.3) is 0 Å². The van der Waals surface area contributed by atoms with Crippen LogP contribution in [0.25, 0.3) is 0 Å². The smallest absolute Gasteiger partial charge is 0.417 e. The minimum atomic E-state index is -1.52. The molecule has 0 spiro atoms. The average Bonchev–Trinajstić information content (AvgIpc) is 2.26. The summed E-state index contributed by atoms with van der Waals surface area (Å²) in [6.45, 7) is 2.37. The van der Waals surface area contributed by atoms with Crippen molar-refractivity contribution in [3.05, 3.63) is 0 Å². The van der Waals surface area contributed by atoms with Gasteiger partial charge in [-0.3, -0.25) is 0 Å². The molecular formula is C13H30N2O4. The van der Waals surface area contributed by atoms with Gasteiger partial charge in [0.2, 0.25) is 0 Å². The maximum Gasteiger partial charge on any atom is 0.417 e. The molecule has 0 aliphatic heterocycles. The first kappa shape index (κ1) is 23.0. The Morgan fingerprint density at radius 2 is 1.42 bits per heavy atom. The molecule has 0 aromatic heterocycles. The maximum atomic E-state index is 10.5. The number of carbonyl (C=O) groups excluding carboxylic acids is 1. The number of nitrogens with zero attached hydrogens (tertiary/aromatic N) is 1. The van der Waals surface area contributed by atoms with E-state index >= 15 is 0 Å². The van der Waals surface area contributed by atoms with Gasteiger partial charge in [-0.1, -0.05) is 39.0 Å². The third-order valence-electron chi connectivity index (χ3n) is 1.91. The fourth-order valence-corrected chi connectivity index (χ4v) is 1.11. The lowest BCUT2D eigenvalue weighted by Crippen LogP contribution is -2.16. The van der Waals surface area contributed by atoms with Crippen LogP contribution in [0.2, 0.25) is 0 Å². The predicted molar refractivity (Wildman–Crippen MR) is 76.6 cm³/mol. The molecule has 6 heteroatoms. The second-order valence-electron chi connectivity index (χ2n) is 4.55. The molecule has 0 radical (unpaired) electrons. The first-order valence-corrected chi connectivity index (χ1v) is 6.42. The van der Waals surface area contributed by atoms with Crippen LogP contribution in [0.1, 0.15) is 45.4 Å². The molecule has 0 aliphatic rings. The number of carbonyl (C=O) groups is 2. The molecule has 0 bridgehead atoms. The quantitative estimate of drug-likeness (QED) is 0.421. The molecule has 116 valence electrons. The van der Waals surface area contributed by atoms with E-state index in [2.05, 4.69) is 11.7 Å². The summed E-state index contributed by atoms with van der Waals surface area (Å²) in [7, 11) is 6.00. The molecular weight excluding hydrogens is 248 g/mol. The van der Waals surface area contributed by atoms with E-state index in [1.807, 2.05) is 26.0 Å². The molecule has 0 aliphatic carbocycles. The highest BCUT2D eigenvalue weighted by Crippen LogP contribution is 2.04. The van der Waals surface area contributed by atoms with E-state index in [1.165, 1.54) is 19.3 Å². The van der Waals surface area contributed by atoms with Crippen molar-refractivity contribution in [3.8, 4) is 0 Å². The number of carboxylic acid groups (broad SMARTS) is 1. The van der Waals surface area contributed by atoms with E-state index < -0.39 is 11.9 Å². The largest absolute Gasteiger partial charge is 0.473 e. The number of rotatable bonds is 7. The number of hydrogen-bond donors (Lipinski definition) is 2. The summed E-state index contributed by atoms with van der Waals surface area (Å²) in [5, 5.41) is 8.18. The van der Waals surface area contributed by atoms with Gasteiger partial charge < -0.3 is 20.9 Å². The fourth-order valence-electron chi connectivity index (χ4n) is 1.11. The summed E-state index contributed by atoms with van der Waals surface area (Å²) in [6, 6.07) is 0. The Morgan fingerprint density at radius 3 is 1.84 bits per heavy atom. The van der Waals surface area contributed by atoms with E-state index in [0.29, 0.717) is 0 Å². The van der Waals surface area contributed by atoms with Gasteiger partial charge in [-0.05, 0) is 27.6 Å². The Balaban J connectivity index is -0.000000448. The van der Waals surface area contributed by atoms with Gasteiger partial charge in [-0.25, -0.2) is 9.59 Å². The lowest BCUT2D eigenvalue weighted by atomic mass is 10.1. The highest BCUT2D eigenvalue weighted by atomic mass is 16.6. The Bertz CT molecular complexity index is 218. The first-order chi connectivity index (χ1) is 8.41. The number of ether oxygens (including phenoxy) is 1. The molecule has 0 saturated heterocycles. The summed E-state index contributed by atoms with van der Waals surface area (Å²) < 4.78 is 4.47. The molecule has 0 heterocycles. The molecule has 0 amide bonds. The van der Waals surface area contributed by atoms with Crippen LogP contribution < -0.4 is 6.15 Å². The summed E-state index contributed by atoms with van der Waals surface area (Å²) in [4.78, 5) is 22.5. The van der Waals surface area contributed by atoms with Crippen molar-refractivity contribution < 1.29 is 19.4 Å². The third-order valence-corrected chi connectivity index (χ3v) is 1.91. The average molecular weight is 278 g/mol. The van der Waals surface area contributed by atoms with Crippen LogP contribution in [0.15, 0.2) is 0 Å². The van der Waals surface area contributed by atoms with E-state index in [1.54, 1.807) is 0 Å². The van der Waals surface area contributed by atoms with E-state index in [0.717, 1.165) is 19.3 Å². The summed E-state index contributed by atoms with van der Waals surface area (Å²) >= 11 is 0. The predicted octanol–water partition coefficient (Wildman–Crippen LogP) is 2.31. The molecule has 4 N–H and O–H groups in total. The zero-order chi connectivity index (χ0) is 14.4. The highest BCUT2D eigenvalue weighted by Gasteiger charge is 2.11. The van der Waals surface area contributed by atoms with Gasteiger partial charge in [0, 0.05) is 0 Å². The SMILES string of the molecule is CCCCCCCCOC(=O)C(=O)O.CN(C)C.N. The molecule has 0 atom stereocenters. The van der Waals surface area contributed by atoms with Crippen molar-refractivity contribution in [2.75, 3.05) is 27.7 Å². The third kappa shape index (κ3) is 26.5. The Morgan fingerprint density at radius 1 is 1.00 bits per heavy atom. The molecule has 0 aromatic carbocycles. The van der Waals surface area contributed by atoms with E-state index in [4.69, 9.17) is 5.11 Å². The van der Waals surface area contributed by atoms with Gasteiger partial charge in [0.15, 0.2) is 0 Å². The van der Waals surface area contributed by atoms with Crippen LogP contribution in [0.3, 0.4) is 0 Å². The Kier molecular flexibility index (Phi) is 20.4. The van der Waals surface area contributed by atoms with Crippen LogP contribution in [-0.2, 0) is 14.3 Å². The van der Waals surface area contributed by atoms with Crippen LogP contribution in [0.4, 0.5) is 0 Å². The van der Waals surface area contributed by atoms with Gasteiger partial charge in [-0.15, -0.1) is 0 Å². The zero-order valence-electron chi connectivity index (χ0n) is 12.8. The maximum absolute atomic E-state index is 10.5. The van der Waals surface area contributed by atoms with E-state index in [9.17, 15) is 9.59 Å². The summed E-state index contributed by atoms with van der Waals surface area (Å²) in [5.74, 6) is -2.67. The van der Waals surface area contributed by atoms with Crippen molar-refractivity contribution >= 4 is 11.9 Å². The summed E-state index contributed by atoms with van der Waals surface area (Å²) in [6.07, 6.45) is 6.50. The molecule has 0 fully saturated rings. The molecule has 0 saturated carbocycles. The molecule has 0 aromatic rings. The molecule has 0 rings (SSSR count). The van der Waals surface area contributed by atoms with Crippen molar-refractivity contribution in [2.24, 2.45) is 0 Å². The Hall–Kier alpha value is -1.14. The standard InChI is InChI=1S/C10H18O4.C3H9N.H3N/c1-2-3-4-5-6-7-8-14-10(13)9(11)12;1-4(2)3;/h2-8H2,1H3,(H,11,12);1-3H3;1H3. The Labute approximate surface area is 116 Å². The lowest BCUT2D eigenvalue weighted by Gasteiger charge is -2.01. The second kappa shape index (κ2) is 16.9. The van der Waals surface area contributed by atoms with Gasteiger partial charge in [0.1, 0.15) is 0 Å². The number of carboxylic acids is 1. The van der Waals surface area contributed by atoms with Crippen LogP contribution in [-0.4, -0.2) is 49.7 Å². The minimum absolute atomic E-state index is 0. The molecule has 6 nitrogen and oxygen atoms in total. The van der Waals surface area contributed by atoms with Crippen molar-refractivity contribution in [3.63, 3.8) is 0 Å². The van der Waals surface area contributed by atoms with Crippen molar-refractivity contribution in [1.29, 1.82) is 0 Å².